The molecule has 0 aliphatic heterocycles. The standard InChI is InChI=1S/C21H18BrN4O2/c1-13(27)18-11-17(9-10-23-18)28-16-7-8-20-19(12-16)25-21(26(20)2)24-15-5-3-14(22)4-6-15/h3-13,27H,1H2,2H3,(H,24,25). The van der Waals surface area contributed by atoms with Gasteiger partial charge in [0.25, 0.3) is 0 Å². The van der Waals surface area contributed by atoms with Crippen molar-refractivity contribution in [2.75, 3.05) is 5.32 Å². The molecule has 0 bridgehead atoms. The van der Waals surface area contributed by atoms with E-state index in [-0.39, 0.29) is 0 Å². The number of benzene rings is 2. The third-order valence-corrected chi connectivity index (χ3v) is 4.81. The van der Waals surface area contributed by atoms with Crippen LogP contribution in [-0.4, -0.2) is 19.6 Å². The van der Waals surface area contributed by atoms with Gasteiger partial charge < -0.3 is 19.7 Å². The summed E-state index contributed by atoms with van der Waals surface area (Å²) in [7, 11) is 1.96. The van der Waals surface area contributed by atoms with Crippen LogP contribution in [0.2, 0.25) is 0 Å². The predicted molar refractivity (Wildman–Crippen MR) is 113 cm³/mol. The first-order valence-corrected chi connectivity index (χ1v) is 9.43. The zero-order valence-electron chi connectivity index (χ0n) is 15.1. The maximum atomic E-state index is 9.57. The fourth-order valence-electron chi connectivity index (χ4n) is 2.83. The molecule has 1 unspecified atom stereocenters. The van der Waals surface area contributed by atoms with Crippen molar-refractivity contribution in [1.29, 1.82) is 0 Å². The number of ether oxygens (including phenoxy) is 1. The second kappa shape index (κ2) is 7.61. The highest BCUT2D eigenvalue weighted by Crippen LogP contribution is 2.29. The van der Waals surface area contributed by atoms with Crippen LogP contribution in [0.3, 0.4) is 0 Å². The fourth-order valence-corrected chi connectivity index (χ4v) is 3.09. The lowest BCUT2D eigenvalue weighted by atomic mass is 10.2. The number of imidazole rings is 1. The van der Waals surface area contributed by atoms with Crippen LogP contribution in [0, 0.1) is 6.92 Å². The molecular formula is C21H18BrN4O2. The van der Waals surface area contributed by atoms with Crippen molar-refractivity contribution in [1.82, 2.24) is 14.5 Å². The summed E-state index contributed by atoms with van der Waals surface area (Å²) in [6.07, 6.45) is 0.688. The number of rotatable bonds is 5. The van der Waals surface area contributed by atoms with Gasteiger partial charge in [0.15, 0.2) is 0 Å². The number of hydrogen-bond acceptors (Lipinski definition) is 5. The fraction of sp³-hybridized carbons (Fsp3) is 0.0952. The van der Waals surface area contributed by atoms with E-state index in [1.165, 1.54) is 0 Å². The number of aliphatic hydroxyl groups excluding tert-OH is 1. The van der Waals surface area contributed by atoms with E-state index in [0.717, 1.165) is 27.1 Å². The van der Waals surface area contributed by atoms with E-state index >= 15 is 0 Å². The zero-order chi connectivity index (χ0) is 19.7. The Morgan fingerprint density at radius 2 is 1.86 bits per heavy atom. The summed E-state index contributed by atoms with van der Waals surface area (Å²) in [6.45, 7) is 3.56. The van der Waals surface area contributed by atoms with Crippen LogP contribution < -0.4 is 10.1 Å². The van der Waals surface area contributed by atoms with Crippen LogP contribution in [0.15, 0.2) is 65.3 Å². The van der Waals surface area contributed by atoms with Gasteiger partial charge in [0.2, 0.25) is 5.95 Å². The number of fused-ring (bicyclic) bond motifs is 1. The molecule has 0 amide bonds. The van der Waals surface area contributed by atoms with Gasteiger partial charge in [-0.2, -0.15) is 0 Å². The molecule has 2 N–H and O–H groups in total. The first kappa shape index (κ1) is 18.5. The first-order valence-electron chi connectivity index (χ1n) is 8.63. The maximum absolute atomic E-state index is 9.57. The van der Waals surface area contributed by atoms with Gasteiger partial charge in [0.05, 0.1) is 22.8 Å². The molecule has 2 aromatic carbocycles. The highest BCUT2D eigenvalue weighted by atomic mass is 79.9. The second-order valence-corrected chi connectivity index (χ2v) is 7.23. The molecule has 0 aliphatic rings. The van der Waals surface area contributed by atoms with Gasteiger partial charge in [-0.15, -0.1) is 0 Å². The minimum atomic E-state index is -0.894. The first-order chi connectivity index (χ1) is 13.5. The normalized spacial score (nSPS) is 12.1. The molecule has 0 saturated heterocycles. The number of aryl methyl sites for hydroxylation is 1. The lowest BCUT2D eigenvalue weighted by molar-refractivity contribution is 0.220. The topological polar surface area (TPSA) is 72.2 Å². The van der Waals surface area contributed by atoms with Crippen molar-refractivity contribution < 1.29 is 9.84 Å². The molecule has 28 heavy (non-hydrogen) atoms. The molecule has 4 rings (SSSR count). The van der Waals surface area contributed by atoms with Crippen molar-refractivity contribution in [3.8, 4) is 11.5 Å². The Kier molecular flexibility index (Phi) is 5.02. The molecular weight excluding hydrogens is 420 g/mol. The number of hydrogen-bond donors (Lipinski definition) is 2. The average Bonchev–Trinajstić information content (AvgIpc) is 2.99. The molecule has 0 saturated carbocycles. The summed E-state index contributed by atoms with van der Waals surface area (Å²) in [4.78, 5) is 8.75. The average molecular weight is 438 g/mol. The summed E-state index contributed by atoms with van der Waals surface area (Å²) in [5, 5.41) is 12.9. The quantitative estimate of drug-likeness (QED) is 0.452. The van der Waals surface area contributed by atoms with Crippen molar-refractivity contribution in [3.05, 3.63) is 77.9 Å². The van der Waals surface area contributed by atoms with Gasteiger partial charge in [-0.3, -0.25) is 4.98 Å². The second-order valence-electron chi connectivity index (χ2n) is 6.31. The third-order valence-electron chi connectivity index (χ3n) is 4.28. The summed E-state index contributed by atoms with van der Waals surface area (Å²) in [6, 6.07) is 17.0. The number of anilines is 2. The van der Waals surface area contributed by atoms with Crippen molar-refractivity contribution in [2.24, 2.45) is 7.05 Å². The molecule has 4 aromatic rings. The highest BCUT2D eigenvalue weighted by molar-refractivity contribution is 9.10. The monoisotopic (exact) mass is 437 g/mol. The van der Waals surface area contributed by atoms with Crippen LogP contribution >= 0.6 is 15.9 Å². The molecule has 141 valence electrons. The summed E-state index contributed by atoms with van der Waals surface area (Å²) >= 11 is 3.44. The zero-order valence-corrected chi connectivity index (χ0v) is 16.7. The molecule has 2 heterocycles. The molecule has 0 spiro atoms. The summed E-state index contributed by atoms with van der Waals surface area (Å²) in [5.74, 6) is 1.97. The Labute approximate surface area is 171 Å². The van der Waals surface area contributed by atoms with E-state index in [1.54, 1.807) is 18.3 Å². The van der Waals surface area contributed by atoms with E-state index in [4.69, 9.17) is 4.74 Å². The van der Waals surface area contributed by atoms with Crippen LogP contribution in [0.5, 0.6) is 11.5 Å². The largest absolute Gasteiger partial charge is 0.457 e. The molecule has 7 heteroatoms. The number of nitrogens with zero attached hydrogens (tertiary/aromatic N) is 3. The van der Waals surface area contributed by atoms with E-state index < -0.39 is 6.10 Å². The molecule has 0 aliphatic carbocycles. The number of aromatic nitrogens is 3. The van der Waals surface area contributed by atoms with Crippen molar-refractivity contribution in [2.45, 2.75) is 6.10 Å². The van der Waals surface area contributed by atoms with Crippen molar-refractivity contribution >= 4 is 38.6 Å². The van der Waals surface area contributed by atoms with Crippen LogP contribution in [0.1, 0.15) is 11.8 Å². The predicted octanol–water partition coefficient (Wildman–Crippen LogP) is 5.13. The maximum Gasteiger partial charge on any atom is 0.208 e. The Bertz CT molecular complexity index is 1120. The number of pyridine rings is 1. The molecule has 1 atom stereocenters. The molecule has 2 aromatic heterocycles. The minimum Gasteiger partial charge on any atom is -0.457 e. The third kappa shape index (κ3) is 3.85. The van der Waals surface area contributed by atoms with Gasteiger partial charge in [0, 0.05) is 35.5 Å². The Hall–Kier alpha value is -2.90. The smallest absolute Gasteiger partial charge is 0.208 e. The molecule has 0 fully saturated rings. The van der Waals surface area contributed by atoms with Gasteiger partial charge in [-0.1, -0.05) is 15.9 Å². The van der Waals surface area contributed by atoms with E-state index in [0.29, 0.717) is 17.2 Å². The van der Waals surface area contributed by atoms with Gasteiger partial charge in [0.1, 0.15) is 11.5 Å². The lowest BCUT2D eigenvalue weighted by Crippen LogP contribution is -1.98. The van der Waals surface area contributed by atoms with Crippen LogP contribution in [0.4, 0.5) is 11.6 Å². The van der Waals surface area contributed by atoms with Gasteiger partial charge >= 0.3 is 0 Å². The van der Waals surface area contributed by atoms with Crippen molar-refractivity contribution in [3.63, 3.8) is 0 Å². The van der Waals surface area contributed by atoms with E-state index in [9.17, 15) is 5.11 Å². The van der Waals surface area contributed by atoms with E-state index in [2.05, 4.69) is 38.1 Å². The Morgan fingerprint density at radius 1 is 1.11 bits per heavy atom. The number of aliphatic hydroxyl groups is 1. The Balaban J connectivity index is 1.60. The number of nitrogens with one attached hydrogen (secondary N) is 1. The SMILES string of the molecule is [CH2]C(O)c1cc(Oc2ccc3c(c2)nc(Nc2ccc(Br)cc2)n3C)ccn1. The van der Waals surface area contributed by atoms with Gasteiger partial charge in [-0.05, 0) is 49.4 Å². The Morgan fingerprint density at radius 3 is 2.61 bits per heavy atom. The van der Waals surface area contributed by atoms with Crippen LogP contribution in [0.25, 0.3) is 11.0 Å². The lowest BCUT2D eigenvalue weighted by Gasteiger charge is -2.08. The molecule has 6 nitrogen and oxygen atoms in total. The summed E-state index contributed by atoms with van der Waals surface area (Å²) < 4.78 is 8.92. The number of halogens is 1. The minimum absolute atomic E-state index is 0.456. The van der Waals surface area contributed by atoms with Crippen LogP contribution in [-0.2, 0) is 7.05 Å². The molecule has 1 radical (unpaired) electrons. The van der Waals surface area contributed by atoms with E-state index in [1.807, 2.05) is 54.1 Å². The summed E-state index contributed by atoms with van der Waals surface area (Å²) in [5.41, 5.74) is 3.20. The van der Waals surface area contributed by atoms with Gasteiger partial charge in [-0.25, -0.2) is 4.98 Å². The highest BCUT2D eigenvalue weighted by Gasteiger charge is 2.10.